The van der Waals surface area contributed by atoms with Crippen molar-refractivity contribution >= 4 is 5.91 Å². The molecule has 2 rings (SSSR count). The molecule has 3 heteroatoms. The molecule has 1 amide bonds. The fraction of sp³-hybridized carbons (Fsp3) is 0.846. The van der Waals surface area contributed by atoms with E-state index in [1.807, 2.05) is 4.90 Å². The number of likely N-dealkylation sites (tertiary alicyclic amines) is 1. The third kappa shape index (κ3) is 1.93. The standard InChI is InChI=1S/C13H20N2O/c1-11(16)15-8-4-12(5-9-15)13(10-14)6-2-3-7-13/h12H,2-9H2,1H3. The van der Waals surface area contributed by atoms with Crippen LogP contribution >= 0.6 is 0 Å². The van der Waals surface area contributed by atoms with Gasteiger partial charge < -0.3 is 4.90 Å². The van der Waals surface area contributed by atoms with Gasteiger partial charge >= 0.3 is 0 Å². The van der Waals surface area contributed by atoms with Crippen LogP contribution in [0.1, 0.15) is 45.4 Å². The highest BCUT2D eigenvalue weighted by molar-refractivity contribution is 5.73. The molecular weight excluding hydrogens is 200 g/mol. The number of carbonyl (C=O) groups excluding carboxylic acids is 1. The molecular formula is C13H20N2O. The van der Waals surface area contributed by atoms with Crippen LogP contribution in [0.4, 0.5) is 0 Å². The Bertz CT molecular complexity index is 304. The van der Waals surface area contributed by atoms with Crippen LogP contribution in [-0.2, 0) is 4.79 Å². The van der Waals surface area contributed by atoms with E-state index in [0.29, 0.717) is 5.92 Å². The van der Waals surface area contributed by atoms with E-state index in [1.54, 1.807) is 6.92 Å². The van der Waals surface area contributed by atoms with Gasteiger partial charge in [0.05, 0.1) is 11.5 Å². The molecule has 0 N–H and O–H groups in total. The van der Waals surface area contributed by atoms with Crippen molar-refractivity contribution in [3.8, 4) is 6.07 Å². The Morgan fingerprint density at radius 1 is 1.31 bits per heavy atom. The number of hydrogen-bond acceptors (Lipinski definition) is 2. The summed E-state index contributed by atoms with van der Waals surface area (Å²) in [6.45, 7) is 3.34. The summed E-state index contributed by atoms with van der Waals surface area (Å²) in [6.07, 6.45) is 6.61. The molecule has 0 spiro atoms. The minimum atomic E-state index is -0.0527. The summed E-state index contributed by atoms with van der Waals surface area (Å²) < 4.78 is 0. The van der Waals surface area contributed by atoms with Gasteiger partial charge in [0, 0.05) is 20.0 Å². The Morgan fingerprint density at radius 2 is 1.88 bits per heavy atom. The molecule has 0 aromatic heterocycles. The van der Waals surface area contributed by atoms with Crippen LogP contribution in [-0.4, -0.2) is 23.9 Å². The van der Waals surface area contributed by atoms with Gasteiger partial charge in [-0.1, -0.05) is 12.8 Å². The number of nitrogens with zero attached hydrogens (tertiary/aromatic N) is 2. The lowest BCUT2D eigenvalue weighted by molar-refractivity contribution is -0.130. The van der Waals surface area contributed by atoms with Crippen molar-refractivity contribution in [3.63, 3.8) is 0 Å². The van der Waals surface area contributed by atoms with Gasteiger partial charge in [0.25, 0.3) is 0 Å². The van der Waals surface area contributed by atoms with E-state index in [-0.39, 0.29) is 11.3 Å². The fourth-order valence-corrected chi connectivity index (χ4v) is 3.36. The zero-order chi connectivity index (χ0) is 11.6. The predicted molar refractivity (Wildman–Crippen MR) is 61.5 cm³/mol. The number of carbonyl (C=O) groups is 1. The monoisotopic (exact) mass is 220 g/mol. The Morgan fingerprint density at radius 3 is 2.31 bits per heavy atom. The summed E-state index contributed by atoms with van der Waals surface area (Å²) in [4.78, 5) is 13.2. The Hall–Kier alpha value is -1.04. The maximum atomic E-state index is 11.2. The highest BCUT2D eigenvalue weighted by atomic mass is 16.2. The van der Waals surface area contributed by atoms with Gasteiger partial charge in [-0.05, 0) is 31.6 Å². The van der Waals surface area contributed by atoms with Crippen molar-refractivity contribution < 1.29 is 4.79 Å². The lowest BCUT2D eigenvalue weighted by Crippen LogP contribution is -2.41. The number of nitriles is 1. The third-order valence-electron chi connectivity index (χ3n) is 4.44. The SMILES string of the molecule is CC(=O)N1CCC(C2(C#N)CCCC2)CC1. The normalized spacial score (nSPS) is 25.4. The summed E-state index contributed by atoms with van der Waals surface area (Å²) in [6, 6.07) is 2.59. The maximum absolute atomic E-state index is 11.2. The van der Waals surface area contributed by atoms with E-state index in [1.165, 1.54) is 12.8 Å². The third-order valence-corrected chi connectivity index (χ3v) is 4.44. The second kappa shape index (κ2) is 4.45. The first-order chi connectivity index (χ1) is 7.68. The van der Waals surface area contributed by atoms with Crippen molar-refractivity contribution in [3.05, 3.63) is 0 Å². The molecule has 1 aliphatic carbocycles. The van der Waals surface area contributed by atoms with Crippen molar-refractivity contribution in [2.75, 3.05) is 13.1 Å². The van der Waals surface area contributed by atoms with Crippen molar-refractivity contribution in [2.45, 2.75) is 45.4 Å². The first-order valence-electron chi connectivity index (χ1n) is 6.35. The molecule has 0 aromatic carbocycles. The van der Waals surface area contributed by atoms with Gasteiger partial charge in [-0.3, -0.25) is 4.79 Å². The van der Waals surface area contributed by atoms with Crippen molar-refractivity contribution in [2.24, 2.45) is 11.3 Å². The van der Waals surface area contributed by atoms with Crippen LogP contribution in [0.15, 0.2) is 0 Å². The minimum absolute atomic E-state index is 0.0527. The van der Waals surface area contributed by atoms with Crippen LogP contribution in [0.5, 0.6) is 0 Å². The molecule has 1 saturated heterocycles. The molecule has 1 saturated carbocycles. The zero-order valence-corrected chi connectivity index (χ0v) is 10.0. The molecule has 0 atom stereocenters. The summed E-state index contributed by atoms with van der Waals surface area (Å²) in [5.41, 5.74) is -0.0527. The second-order valence-corrected chi connectivity index (χ2v) is 5.26. The smallest absolute Gasteiger partial charge is 0.219 e. The van der Waals surface area contributed by atoms with E-state index >= 15 is 0 Å². The van der Waals surface area contributed by atoms with E-state index < -0.39 is 0 Å². The second-order valence-electron chi connectivity index (χ2n) is 5.26. The van der Waals surface area contributed by atoms with Crippen LogP contribution in [0.2, 0.25) is 0 Å². The molecule has 16 heavy (non-hydrogen) atoms. The zero-order valence-electron chi connectivity index (χ0n) is 10.0. The average Bonchev–Trinajstić information content (AvgIpc) is 2.79. The topological polar surface area (TPSA) is 44.1 Å². The van der Waals surface area contributed by atoms with Gasteiger partial charge in [0.2, 0.25) is 5.91 Å². The molecule has 1 heterocycles. The number of amides is 1. The molecule has 0 radical (unpaired) electrons. The first kappa shape index (κ1) is 11.4. The lowest BCUT2D eigenvalue weighted by Gasteiger charge is -2.38. The first-order valence-corrected chi connectivity index (χ1v) is 6.35. The Balaban J connectivity index is 1.98. The number of piperidine rings is 1. The summed E-state index contributed by atoms with van der Waals surface area (Å²) in [7, 11) is 0. The van der Waals surface area contributed by atoms with Gasteiger partial charge in [0.1, 0.15) is 0 Å². The van der Waals surface area contributed by atoms with Crippen molar-refractivity contribution in [1.82, 2.24) is 4.90 Å². The molecule has 0 bridgehead atoms. The minimum Gasteiger partial charge on any atom is -0.343 e. The van der Waals surface area contributed by atoms with E-state index in [2.05, 4.69) is 6.07 Å². The highest BCUT2D eigenvalue weighted by Gasteiger charge is 2.42. The molecule has 1 aliphatic heterocycles. The maximum Gasteiger partial charge on any atom is 0.219 e. The molecule has 0 unspecified atom stereocenters. The van der Waals surface area contributed by atoms with E-state index in [9.17, 15) is 10.1 Å². The molecule has 2 aliphatic rings. The van der Waals surface area contributed by atoms with E-state index in [0.717, 1.165) is 38.8 Å². The fourth-order valence-electron chi connectivity index (χ4n) is 3.36. The van der Waals surface area contributed by atoms with Gasteiger partial charge in [-0.25, -0.2) is 0 Å². The summed E-state index contributed by atoms with van der Waals surface area (Å²) >= 11 is 0. The van der Waals surface area contributed by atoms with Gasteiger partial charge in [0.15, 0.2) is 0 Å². The summed E-state index contributed by atoms with van der Waals surface area (Å²) in [5, 5.41) is 9.41. The van der Waals surface area contributed by atoms with Crippen LogP contribution < -0.4 is 0 Å². The summed E-state index contributed by atoms with van der Waals surface area (Å²) in [5.74, 6) is 0.700. The van der Waals surface area contributed by atoms with Crippen molar-refractivity contribution in [1.29, 1.82) is 5.26 Å². The molecule has 88 valence electrons. The largest absolute Gasteiger partial charge is 0.343 e. The molecule has 3 nitrogen and oxygen atoms in total. The highest BCUT2D eigenvalue weighted by Crippen LogP contribution is 2.47. The molecule has 0 aromatic rings. The van der Waals surface area contributed by atoms with Gasteiger partial charge in [-0.2, -0.15) is 5.26 Å². The van der Waals surface area contributed by atoms with Crippen LogP contribution in [0.3, 0.4) is 0 Å². The average molecular weight is 220 g/mol. The molecule has 2 fully saturated rings. The van der Waals surface area contributed by atoms with Crippen LogP contribution in [0.25, 0.3) is 0 Å². The quantitative estimate of drug-likeness (QED) is 0.680. The van der Waals surface area contributed by atoms with Gasteiger partial charge in [-0.15, -0.1) is 0 Å². The Labute approximate surface area is 97.4 Å². The van der Waals surface area contributed by atoms with E-state index in [4.69, 9.17) is 0 Å². The predicted octanol–water partition coefficient (Wildman–Crippen LogP) is 2.33. The number of rotatable bonds is 1. The lowest BCUT2D eigenvalue weighted by atomic mass is 9.70. The Kier molecular flexibility index (Phi) is 3.18. The number of hydrogen-bond donors (Lipinski definition) is 0. The van der Waals surface area contributed by atoms with Crippen LogP contribution in [0, 0.1) is 22.7 Å².